The van der Waals surface area contributed by atoms with Crippen LogP contribution in [-0.2, 0) is 30.3 Å². The second kappa shape index (κ2) is 7.81. The zero-order valence-electron chi connectivity index (χ0n) is 17.7. The molecule has 0 bridgehead atoms. The van der Waals surface area contributed by atoms with Crippen molar-refractivity contribution in [1.29, 1.82) is 0 Å². The zero-order chi connectivity index (χ0) is 23.2. The summed E-state index contributed by atoms with van der Waals surface area (Å²) in [5.74, 6) is -3.87. The van der Waals surface area contributed by atoms with E-state index < -0.39 is 40.9 Å². The van der Waals surface area contributed by atoms with Gasteiger partial charge in [-0.3, -0.25) is 14.3 Å². The van der Waals surface area contributed by atoms with Crippen LogP contribution in [0.4, 0.5) is 18.9 Å². The molecule has 1 aliphatic rings. The number of nitrogens with one attached hydrogen (secondary N) is 1. The van der Waals surface area contributed by atoms with Crippen molar-refractivity contribution in [2.75, 3.05) is 4.90 Å². The number of hydrogen-bond donors (Lipinski definition) is 1. The van der Waals surface area contributed by atoms with Gasteiger partial charge in [0.2, 0.25) is 5.91 Å². The number of nitrogens with zero attached hydrogens (tertiary/aromatic N) is 3. The van der Waals surface area contributed by atoms with E-state index in [0.717, 1.165) is 11.1 Å². The van der Waals surface area contributed by atoms with Crippen molar-refractivity contribution in [1.82, 2.24) is 15.1 Å². The largest absolute Gasteiger partial charge is 0.348 e. The van der Waals surface area contributed by atoms with E-state index in [1.54, 1.807) is 47.2 Å². The average molecular weight is 442 g/mol. The monoisotopic (exact) mass is 442 g/mol. The van der Waals surface area contributed by atoms with Crippen LogP contribution in [0, 0.1) is 17.5 Å². The molecule has 6 nitrogen and oxygen atoms in total. The lowest BCUT2D eigenvalue weighted by Crippen LogP contribution is -2.35. The minimum absolute atomic E-state index is 0.107. The second-order valence-corrected chi connectivity index (χ2v) is 8.30. The number of carbonyl (C=O) groups excluding carboxylic acids is 2. The zero-order valence-corrected chi connectivity index (χ0v) is 17.7. The molecule has 4 rings (SSSR count). The van der Waals surface area contributed by atoms with Crippen molar-refractivity contribution in [2.45, 2.75) is 32.4 Å². The van der Waals surface area contributed by atoms with Gasteiger partial charge in [0.25, 0.3) is 5.91 Å². The van der Waals surface area contributed by atoms with Crippen LogP contribution in [0.2, 0.25) is 0 Å². The van der Waals surface area contributed by atoms with E-state index in [0.29, 0.717) is 24.4 Å². The lowest BCUT2D eigenvalue weighted by Gasteiger charge is -2.19. The molecule has 1 aliphatic heterocycles. The number of aromatic nitrogens is 2. The lowest BCUT2D eigenvalue weighted by molar-refractivity contribution is -0.122. The van der Waals surface area contributed by atoms with Crippen molar-refractivity contribution < 1.29 is 22.8 Å². The van der Waals surface area contributed by atoms with Crippen LogP contribution in [0.5, 0.6) is 0 Å². The summed E-state index contributed by atoms with van der Waals surface area (Å²) in [6.07, 6.45) is 3.47. The van der Waals surface area contributed by atoms with Gasteiger partial charge in [-0.05, 0) is 31.5 Å². The van der Waals surface area contributed by atoms with Gasteiger partial charge in [-0.15, -0.1) is 0 Å². The number of aryl methyl sites for hydroxylation is 1. The predicted molar refractivity (Wildman–Crippen MR) is 111 cm³/mol. The predicted octanol–water partition coefficient (Wildman–Crippen LogP) is 3.59. The highest BCUT2D eigenvalue weighted by Gasteiger charge is 2.44. The normalized spacial score (nSPS) is 14.6. The Labute approximate surface area is 182 Å². The number of amides is 2. The van der Waals surface area contributed by atoms with Crippen molar-refractivity contribution in [3.05, 3.63) is 82.4 Å². The summed E-state index contributed by atoms with van der Waals surface area (Å²) in [5.41, 5.74) is 1.23. The number of benzene rings is 2. The smallest absolute Gasteiger partial charge is 0.251 e. The first-order valence-electron chi connectivity index (χ1n) is 9.93. The average Bonchev–Trinajstić information content (AvgIpc) is 3.21. The number of anilines is 1. The molecule has 9 heteroatoms. The van der Waals surface area contributed by atoms with E-state index in [1.807, 2.05) is 13.8 Å². The van der Waals surface area contributed by atoms with Gasteiger partial charge < -0.3 is 10.2 Å². The van der Waals surface area contributed by atoms with Crippen molar-refractivity contribution in [3.8, 4) is 0 Å². The molecule has 166 valence electrons. The number of fused-ring (bicyclic) bond motifs is 1. The Morgan fingerprint density at radius 2 is 1.81 bits per heavy atom. The summed E-state index contributed by atoms with van der Waals surface area (Å²) in [6.45, 7) is 3.48. The van der Waals surface area contributed by atoms with Crippen molar-refractivity contribution >= 4 is 17.5 Å². The molecule has 32 heavy (non-hydrogen) atoms. The van der Waals surface area contributed by atoms with Gasteiger partial charge in [0.15, 0.2) is 0 Å². The molecular weight excluding hydrogens is 421 g/mol. The van der Waals surface area contributed by atoms with E-state index in [4.69, 9.17) is 0 Å². The Bertz CT molecular complexity index is 1210. The van der Waals surface area contributed by atoms with Gasteiger partial charge in [0.1, 0.15) is 17.5 Å². The summed E-state index contributed by atoms with van der Waals surface area (Å²) in [6, 6.07) is 5.98. The number of halogens is 3. The third kappa shape index (κ3) is 3.74. The molecule has 0 spiro atoms. The number of rotatable bonds is 5. The fraction of sp³-hybridized carbons (Fsp3) is 0.261. The molecule has 1 N–H and O–H groups in total. The topological polar surface area (TPSA) is 67.2 Å². The molecule has 1 aromatic heterocycles. The summed E-state index contributed by atoms with van der Waals surface area (Å²) in [7, 11) is 1.78. The summed E-state index contributed by atoms with van der Waals surface area (Å²) in [4.78, 5) is 27.3. The van der Waals surface area contributed by atoms with Gasteiger partial charge >= 0.3 is 0 Å². The van der Waals surface area contributed by atoms with E-state index in [9.17, 15) is 22.8 Å². The molecular formula is C23H21F3N4O2. The first-order chi connectivity index (χ1) is 15.1. The molecule has 2 heterocycles. The van der Waals surface area contributed by atoms with Crippen LogP contribution in [0.3, 0.4) is 0 Å². The Hall–Kier alpha value is -3.62. The highest BCUT2D eigenvalue weighted by Crippen LogP contribution is 2.42. The molecule has 0 aliphatic carbocycles. The highest BCUT2D eigenvalue weighted by molar-refractivity contribution is 6.08. The summed E-state index contributed by atoms with van der Waals surface area (Å²) in [5, 5.41) is 6.57. The molecule has 0 atom stereocenters. The third-order valence-electron chi connectivity index (χ3n) is 5.63. The van der Waals surface area contributed by atoms with Gasteiger partial charge in [-0.2, -0.15) is 5.10 Å². The number of hydrogen-bond acceptors (Lipinski definition) is 3. The first kappa shape index (κ1) is 21.6. The molecule has 2 amide bonds. The van der Waals surface area contributed by atoms with Crippen molar-refractivity contribution in [3.63, 3.8) is 0 Å². The van der Waals surface area contributed by atoms with Gasteiger partial charge in [0.05, 0.1) is 18.2 Å². The van der Waals surface area contributed by atoms with E-state index in [2.05, 4.69) is 10.4 Å². The minimum atomic E-state index is -1.08. The van der Waals surface area contributed by atoms with Gasteiger partial charge in [0, 0.05) is 54.3 Å². The van der Waals surface area contributed by atoms with Crippen molar-refractivity contribution in [2.24, 2.45) is 7.05 Å². The Morgan fingerprint density at radius 1 is 1.12 bits per heavy atom. The molecule has 2 aromatic carbocycles. The molecule has 0 fully saturated rings. The molecule has 0 radical (unpaired) electrons. The van der Waals surface area contributed by atoms with Crippen LogP contribution >= 0.6 is 0 Å². The highest BCUT2D eigenvalue weighted by atomic mass is 19.1. The maximum Gasteiger partial charge on any atom is 0.251 e. The molecule has 0 saturated heterocycles. The van der Waals surface area contributed by atoms with Crippen LogP contribution < -0.4 is 10.2 Å². The Balaban J connectivity index is 1.59. The summed E-state index contributed by atoms with van der Waals surface area (Å²) >= 11 is 0. The molecule has 0 unspecified atom stereocenters. The third-order valence-corrected chi connectivity index (χ3v) is 5.63. The van der Waals surface area contributed by atoms with E-state index in [1.165, 1.54) is 0 Å². The molecule has 3 aromatic rings. The van der Waals surface area contributed by atoms with Crippen LogP contribution in [-0.4, -0.2) is 21.6 Å². The van der Waals surface area contributed by atoms with Gasteiger partial charge in [-0.1, -0.05) is 6.07 Å². The van der Waals surface area contributed by atoms with Crippen LogP contribution in [0.15, 0.2) is 42.7 Å². The first-order valence-corrected chi connectivity index (χ1v) is 9.93. The quantitative estimate of drug-likeness (QED) is 0.657. The Kier molecular flexibility index (Phi) is 5.28. The van der Waals surface area contributed by atoms with E-state index >= 15 is 0 Å². The second-order valence-electron chi connectivity index (χ2n) is 8.30. The standard InChI is InChI=1S/C23H21F3N4O2/c1-23(2)17-5-4-14(21(31)27-10-16-18(25)7-15(24)8-19(16)26)6-20(17)30(22(23)32)12-13-9-28-29(3)11-13/h4-9,11H,10,12H2,1-3H3,(H,27,31). The van der Waals surface area contributed by atoms with Gasteiger partial charge in [-0.25, -0.2) is 13.2 Å². The number of carbonyl (C=O) groups is 2. The van der Waals surface area contributed by atoms with E-state index in [-0.39, 0.29) is 11.5 Å². The maximum absolute atomic E-state index is 13.9. The maximum atomic E-state index is 13.9. The lowest BCUT2D eigenvalue weighted by atomic mass is 9.86. The Morgan fingerprint density at radius 3 is 2.44 bits per heavy atom. The minimum Gasteiger partial charge on any atom is -0.348 e. The molecule has 0 saturated carbocycles. The fourth-order valence-electron chi connectivity index (χ4n) is 3.89. The SMILES string of the molecule is Cn1cc(CN2C(=O)C(C)(C)c3ccc(C(=O)NCc4c(F)cc(F)cc4F)cc32)cn1. The fourth-order valence-corrected chi connectivity index (χ4v) is 3.89. The van der Waals surface area contributed by atoms with Crippen LogP contribution in [0.1, 0.15) is 40.9 Å². The summed E-state index contributed by atoms with van der Waals surface area (Å²) < 4.78 is 42.4. The van der Waals surface area contributed by atoms with Crippen LogP contribution in [0.25, 0.3) is 0 Å².